The normalized spacial score (nSPS) is 8.57. The van der Waals surface area contributed by atoms with Crippen LogP contribution in [0.25, 0.3) is 0 Å². The summed E-state index contributed by atoms with van der Waals surface area (Å²) in [5.41, 5.74) is 0.634. The van der Waals surface area contributed by atoms with Gasteiger partial charge in [0.25, 0.3) is 0 Å². The van der Waals surface area contributed by atoms with Crippen molar-refractivity contribution < 1.29 is 14.3 Å². The van der Waals surface area contributed by atoms with Gasteiger partial charge >= 0.3 is 0 Å². The Morgan fingerprint density at radius 2 is 1.64 bits per heavy atom. The summed E-state index contributed by atoms with van der Waals surface area (Å²) in [5.74, 6) is 0.669. The van der Waals surface area contributed by atoms with Gasteiger partial charge in [0.1, 0.15) is 5.75 Å². The van der Waals surface area contributed by atoms with E-state index in [0.29, 0.717) is 11.3 Å². The van der Waals surface area contributed by atoms with Gasteiger partial charge in [-0.2, -0.15) is 0 Å². The first-order chi connectivity index (χ1) is 6.67. The minimum Gasteiger partial charge on any atom is -0.496 e. The number of ketones is 1. The Kier molecular flexibility index (Phi) is 6.41. The first kappa shape index (κ1) is 12.7. The third kappa shape index (κ3) is 4.05. The van der Waals surface area contributed by atoms with E-state index in [-0.39, 0.29) is 5.78 Å². The van der Waals surface area contributed by atoms with E-state index >= 15 is 0 Å². The van der Waals surface area contributed by atoms with Gasteiger partial charge < -0.3 is 9.47 Å². The molecule has 0 spiro atoms. The van der Waals surface area contributed by atoms with E-state index in [9.17, 15) is 4.79 Å². The summed E-state index contributed by atoms with van der Waals surface area (Å²) >= 11 is 0. The highest BCUT2D eigenvalue weighted by Crippen LogP contribution is 2.16. The highest BCUT2D eigenvalue weighted by atomic mass is 16.5. The van der Waals surface area contributed by atoms with Crippen molar-refractivity contribution in [2.75, 3.05) is 21.3 Å². The number of methoxy groups -OCH3 is 2. The lowest BCUT2D eigenvalue weighted by Gasteiger charge is -2.03. The highest BCUT2D eigenvalue weighted by molar-refractivity contribution is 5.96. The standard InChI is InChI=1S/C9H10O2.C2H6O/c1-7(10)8-5-3-4-6-9(8)11-2;1-3-2/h3-6H,1-2H3;1-2H3. The second kappa shape index (κ2) is 7.09. The molecule has 0 unspecified atom stereocenters. The van der Waals surface area contributed by atoms with Gasteiger partial charge in [-0.1, -0.05) is 12.1 Å². The minimum atomic E-state index is 0.0300. The molecule has 3 nitrogen and oxygen atoms in total. The van der Waals surface area contributed by atoms with E-state index in [1.165, 1.54) is 6.92 Å². The summed E-state index contributed by atoms with van der Waals surface area (Å²) < 4.78 is 9.24. The van der Waals surface area contributed by atoms with Gasteiger partial charge in [-0.25, -0.2) is 0 Å². The lowest BCUT2D eigenvalue weighted by molar-refractivity contribution is 0.101. The predicted octanol–water partition coefficient (Wildman–Crippen LogP) is 2.16. The molecular formula is C11H16O3. The number of carbonyl (C=O) groups excluding carboxylic acids is 1. The molecule has 1 aromatic rings. The quantitative estimate of drug-likeness (QED) is 0.680. The number of benzene rings is 1. The molecule has 14 heavy (non-hydrogen) atoms. The third-order valence-electron chi connectivity index (χ3n) is 1.49. The maximum absolute atomic E-state index is 10.9. The number of Topliss-reactive ketones (excluding diaryl/α,β-unsaturated/α-hetero) is 1. The Labute approximate surface area is 84.7 Å². The minimum absolute atomic E-state index is 0.0300. The summed E-state index contributed by atoms with van der Waals surface area (Å²) in [5, 5.41) is 0. The van der Waals surface area contributed by atoms with Crippen LogP contribution in [0.4, 0.5) is 0 Å². The van der Waals surface area contributed by atoms with Crippen LogP contribution in [0.3, 0.4) is 0 Å². The second-order valence-corrected chi connectivity index (χ2v) is 2.66. The summed E-state index contributed by atoms with van der Waals surface area (Å²) in [4.78, 5) is 10.9. The molecule has 0 amide bonds. The average molecular weight is 196 g/mol. The fourth-order valence-electron chi connectivity index (χ4n) is 0.935. The van der Waals surface area contributed by atoms with Crippen molar-refractivity contribution in [3.8, 4) is 5.75 Å². The van der Waals surface area contributed by atoms with Crippen molar-refractivity contribution >= 4 is 5.78 Å². The molecule has 0 aromatic heterocycles. The topological polar surface area (TPSA) is 35.5 Å². The Hall–Kier alpha value is -1.35. The van der Waals surface area contributed by atoms with Gasteiger partial charge in [0.2, 0.25) is 0 Å². The van der Waals surface area contributed by atoms with Gasteiger partial charge in [-0.3, -0.25) is 4.79 Å². The van der Waals surface area contributed by atoms with E-state index in [2.05, 4.69) is 4.74 Å². The van der Waals surface area contributed by atoms with Crippen molar-refractivity contribution in [2.45, 2.75) is 6.92 Å². The van der Waals surface area contributed by atoms with Crippen LogP contribution < -0.4 is 4.74 Å². The predicted molar refractivity (Wildman–Crippen MR) is 55.9 cm³/mol. The molecule has 1 rings (SSSR count). The Balaban J connectivity index is 0.000000500. The molecule has 0 atom stereocenters. The van der Waals surface area contributed by atoms with E-state index < -0.39 is 0 Å². The van der Waals surface area contributed by atoms with Crippen LogP contribution in [-0.4, -0.2) is 27.1 Å². The Morgan fingerprint density at radius 3 is 2.00 bits per heavy atom. The van der Waals surface area contributed by atoms with Gasteiger partial charge in [0.15, 0.2) is 5.78 Å². The zero-order valence-corrected chi connectivity index (χ0v) is 9.03. The van der Waals surface area contributed by atoms with Crippen LogP contribution >= 0.6 is 0 Å². The van der Waals surface area contributed by atoms with Crippen LogP contribution in [0.15, 0.2) is 24.3 Å². The maximum atomic E-state index is 10.9. The van der Waals surface area contributed by atoms with Gasteiger partial charge in [-0.05, 0) is 19.1 Å². The molecule has 0 radical (unpaired) electrons. The number of hydrogen-bond acceptors (Lipinski definition) is 3. The van der Waals surface area contributed by atoms with Crippen LogP contribution in [0, 0.1) is 0 Å². The summed E-state index contributed by atoms with van der Waals surface area (Å²) in [6, 6.07) is 7.18. The molecule has 0 heterocycles. The molecule has 0 bridgehead atoms. The molecule has 0 saturated carbocycles. The first-order valence-corrected chi connectivity index (χ1v) is 4.21. The molecule has 1 aromatic carbocycles. The Bertz CT molecular complexity index is 282. The molecule has 0 saturated heterocycles. The van der Waals surface area contributed by atoms with Gasteiger partial charge in [-0.15, -0.1) is 0 Å². The van der Waals surface area contributed by atoms with Crippen LogP contribution in [0.1, 0.15) is 17.3 Å². The van der Waals surface area contributed by atoms with Crippen molar-refractivity contribution in [3.63, 3.8) is 0 Å². The third-order valence-corrected chi connectivity index (χ3v) is 1.49. The van der Waals surface area contributed by atoms with E-state index in [1.54, 1.807) is 33.5 Å². The number of ether oxygens (including phenoxy) is 2. The first-order valence-electron chi connectivity index (χ1n) is 4.21. The molecule has 0 aliphatic carbocycles. The largest absolute Gasteiger partial charge is 0.496 e. The monoisotopic (exact) mass is 196 g/mol. The Morgan fingerprint density at radius 1 is 1.14 bits per heavy atom. The van der Waals surface area contributed by atoms with Crippen molar-refractivity contribution in [2.24, 2.45) is 0 Å². The highest BCUT2D eigenvalue weighted by Gasteiger charge is 2.04. The fraction of sp³-hybridized carbons (Fsp3) is 0.364. The number of hydrogen-bond donors (Lipinski definition) is 0. The van der Waals surface area contributed by atoms with E-state index in [4.69, 9.17) is 4.74 Å². The van der Waals surface area contributed by atoms with Gasteiger partial charge in [0, 0.05) is 14.2 Å². The van der Waals surface area contributed by atoms with Gasteiger partial charge in [0.05, 0.1) is 12.7 Å². The molecule has 0 aliphatic rings. The molecule has 0 fully saturated rings. The fourth-order valence-corrected chi connectivity index (χ4v) is 0.935. The van der Waals surface area contributed by atoms with E-state index in [0.717, 1.165) is 0 Å². The smallest absolute Gasteiger partial charge is 0.163 e. The molecule has 3 heteroatoms. The van der Waals surface area contributed by atoms with Crippen molar-refractivity contribution in [1.82, 2.24) is 0 Å². The number of rotatable bonds is 2. The lowest BCUT2D eigenvalue weighted by Crippen LogP contribution is -1.96. The van der Waals surface area contributed by atoms with Crippen molar-refractivity contribution in [1.29, 1.82) is 0 Å². The molecular weight excluding hydrogens is 180 g/mol. The van der Waals surface area contributed by atoms with E-state index in [1.807, 2.05) is 12.1 Å². The summed E-state index contributed by atoms with van der Waals surface area (Å²) in [6.45, 7) is 1.53. The van der Waals surface area contributed by atoms with Crippen molar-refractivity contribution in [3.05, 3.63) is 29.8 Å². The van der Waals surface area contributed by atoms with Crippen LogP contribution in [-0.2, 0) is 4.74 Å². The van der Waals surface area contributed by atoms with Crippen LogP contribution in [0.5, 0.6) is 5.75 Å². The average Bonchev–Trinajstić information content (AvgIpc) is 2.19. The number of para-hydroxylation sites is 1. The number of carbonyl (C=O) groups is 1. The molecule has 0 aliphatic heterocycles. The lowest BCUT2D eigenvalue weighted by atomic mass is 10.1. The zero-order valence-electron chi connectivity index (χ0n) is 9.03. The summed E-state index contributed by atoms with van der Waals surface area (Å²) in [7, 11) is 4.81. The molecule has 0 N–H and O–H groups in total. The van der Waals surface area contributed by atoms with Crippen LogP contribution in [0.2, 0.25) is 0 Å². The second-order valence-electron chi connectivity index (χ2n) is 2.66. The summed E-state index contributed by atoms with van der Waals surface area (Å²) in [6.07, 6.45) is 0. The molecule has 78 valence electrons. The SMILES string of the molecule is COC.COc1ccccc1C(C)=O. The zero-order chi connectivity index (χ0) is 11.0. The maximum Gasteiger partial charge on any atom is 0.163 e.